The van der Waals surface area contributed by atoms with Crippen LogP contribution in [0.5, 0.6) is 0 Å². The Morgan fingerprint density at radius 2 is 1.55 bits per heavy atom. The normalized spacial score (nSPS) is 23.4. The maximum atomic E-state index is 12.5. The number of ether oxygens (including phenoxy) is 2. The van der Waals surface area contributed by atoms with E-state index in [1.54, 1.807) is 0 Å². The van der Waals surface area contributed by atoms with Crippen LogP contribution in [0.1, 0.15) is 5.56 Å². The number of nitrogens with zero attached hydrogens (tertiary/aromatic N) is 4. The Bertz CT molecular complexity index is 750. The number of piperazine rings is 1. The number of hydrogen-bond acceptors (Lipinski definition) is 7. The predicted octanol–water partition coefficient (Wildman–Crippen LogP) is -0.520. The van der Waals surface area contributed by atoms with Crippen molar-refractivity contribution < 1.29 is 19.1 Å². The van der Waals surface area contributed by atoms with Gasteiger partial charge in [0.15, 0.2) is 0 Å². The summed E-state index contributed by atoms with van der Waals surface area (Å²) >= 11 is 0. The van der Waals surface area contributed by atoms with Crippen molar-refractivity contribution in [1.29, 1.82) is 0 Å². The third-order valence-corrected chi connectivity index (χ3v) is 6.55. The first-order valence-corrected chi connectivity index (χ1v) is 12.1. The molecule has 3 saturated heterocycles. The smallest absolute Gasteiger partial charge is 0.236 e. The number of hydrogen-bond donors (Lipinski definition) is 1. The van der Waals surface area contributed by atoms with Crippen LogP contribution in [0.15, 0.2) is 30.3 Å². The summed E-state index contributed by atoms with van der Waals surface area (Å²) in [4.78, 5) is 33.5. The van der Waals surface area contributed by atoms with Crippen molar-refractivity contribution in [3.63, 3.8) is 0 Å². The molecular weight excluding hydrogens is 422 g/mol. The van der Waals surface area contributed by atoms with E-state index in [9.17, 15) is 9.59 Å². The zero-order chi connectivity index (χ0) is 22.9. The van der Waals surface area contributed by atoms with E-state index >= 15 is 0 Å². The molecule has 0 aromatic heterocycles. The second-order valence-corrected chi connectivity index (χ2v) is 9.06. The van der Waals surface area contributed by atoms with Gasteiger partial charge in [-0.05, 0) is 5.56 Å². The van der Waals surface area contributed by atoms with Crippen LogP contribution in [-0.4, -0.2) is 129 Å². The number of morpholine rings is 2. The molecule has 1 N–H and O–H groups in total. The summed E-state index contributed by atoms with van der Waals surface area (Å²) in [6.07, 6.45) is 0.0226. The van der Waals surface area contributed by atoms with Gasteiger partial charge >= 0.3 is 0 Å². The highest BCUT2D eigenvalue weighted by Crippen LogP contribution is 2.10. The van der Waals surface area contributed by atoms with Gasteiger partial charge in [-0.25, -0.2) is 0 Å². The van der Waals surface area contributed by atoms with Crippen LogP contribution in [-0.2, 0) is 25.6 Å². The summed E-state index contributed by atoms with van der Waals surface area (Å²) < 4.78 is 11.2. The molecule has 182 valence electrons. The highest BCUT2D eigenvalue weighted by Gasteiger charge is 2.25. The summed E-state index contributed by atoms with van der Waals surface area (Å²) in [5.74, 6) is 0.218. The van der Waals surface area contributed by atoms with Gasteiger partial charge in [-0.2, -0.15) is 0 Å². The first-order valence-electron chi connectivity index (χ1n) is 12.1. The van der Waals surface area contributed by atoms with Crippen LogP contribution in [0.4, 0.5) is 0 Å². The lowest BCUT2D eigenvalue weighted by molar-refractivity contribution is -0.137. The third kappa shape index (κ3) is 7.75. The average Bonchev–Trinajstić information content (AvgIpc) is 2.85. The SMILES string of the molecule is O=C(CN1CCN(CC(=O)N2CCOCC2)CC1)NCC1CN(Cc2ccccc2)CCO1. The minimum Gasteiger partial charge on any atom is -0.378 e. The Labute approximate surface area is 196 Å². The van der Waals surface area contributed by atoms with Gasteiger partial charge in [0.2, 0.25) is 11.8 Å². The number of carbonyl (C=O) groups excluding carboxylic acids is 2. The van der Waals surface area contributed by atoms with Crippen LogP contribution < -0.4 is 5.32 Å². The van der Waals surface area contributed by atoms with E-state index in [1.165, 1.54) is 5.56 Å². The highest BCUT2D eigenvalue weighted by atomic mass is 16.5. The summed E-state index contributed by atoms with van der Waals surface area (Å²) in [6, 6.07) is 10.5. The third-order valence-electron chi connectivity index (χ3n) is 6.55. The molecule has 0 bridgehead atoms. The average molecular weight is 460 g/mol. The van der Waals surface area contributed by atoms with Gasteiger partial charge in [-0.1, -0.05) is 30.3 Å². The molecule has 1 aromatic carbocycles. The second kappa shape index (κ2) is 12.4. The molecule has 3 aliphatic rings. The van der Waals surface area contributed by atoms with Crippen molar-refractivity contribution in [2.75, 3.05) is 91.8 Å². The summed E-state index contributed by atoms with van der Waals surface area (Å²) in [5.41, 5.74) is 1.30. The molecule has 1 atom stereocenters. The van der Waals surface area contributed by atoms with Gasteiger partial charge in [0.1, 0.15) is 0 Å². The van der Waals surface area contributed by atoms with E-state index < -0.39 is 0 Å². The Balaban J connectivity index is 1.10. The number of nitrogens with one attached hydrogen (secondary N) is 1. The fourth-order valence-corrected chi connectivity index (χ4v) is 4.59. The molecule has 3 fully saturated rings. The Morgan fingerprint density at radius 3 is 2.27 bits per heavy atom. The number of benzene rings is 1. The first kappa shape index (κ1) is 24.1. The molecule has 9 nitrogen and oxygen atoms in total. The van der Waals surface area contributed by atoms with E-state index in [0.29, 0.717) is 52.5 Å². The number of amides is 2. The van der Waals surface area contributed by atoms with Crippen molar-refractivity contribution in [1.82, 2.24) is 24.9 Å². The van der Waals surface area contributed by atoms with Gasteiger partial charge in [0.25, 0.3) is 0 Å². The maximum Gasteiger partial charge on any atom is 0.236 e. The first-order chi connectivity index (χ1) is 16.2. The van der Waals surface area contributed by atoms with Crippen LogP contribution in [0.25, 0.3) is 0 Å². The Morgan fingerprint density at radius 1 is 0.848 bits per heavy atom. The summed E-state index contributed by atoms with van der Waals surface area (Å²) in [5, 5.41) is 3.05. The molecule has 4 rings (SSSR count). The summed E-state index contributed by atoms with van der Waals surface area (Å²) in [6.45, 7) is 10.6. The lowest BCUT2D eigenvalue weighted by Crippen LogP contribution is -2.53. The minimum atomic E-state index is 0.0226. The second-order valence-electron chi connectivity index (χ2n) is 9.06. The van der Waals surface area contributed by atoms with Crippen molar-refractivity contribution in [3.05, 3.63) is 35.9 Å². The molecule has 0 spiro atoms. The quantitative estimate of drug-likeness (QED) is 0.561. The van der Waals surface area contributed by atoms with E-state index in [1.807, 2.05) is 11.0 Å². The maximum absolute atomic E-state index is 12.5. The Hall–Kier alpha value is -2.04. The van der Waals surface area contributed by atoms with Gasteiger partial charge < -0.3 is 19.7 Å². The van der Waals surface area contributed by atoms with Gasteiger partial charge in [0, 0.05) is 65.4 Å². The molecule has 33 heavy (non-hydrogen) atoms. The van der Waals surface area contributed by atoms with Crippen LogP contribution in [0.2, 0.25) is 0 Å². The molecule has 0 aliphatic carbocycles. The highest BCUT2D eigenvalue weighted by molar-refractivity contribution is 5.78. The van der Waals surface area contributed by atoms with E-state index in [4.69, 9.17) is 9.47 Å². The Kier molecular flexibility index (Phi) is 9.08. The molecule has 9 heteroatoms. The van der Waals surface area contributed by atoms with E-state index in [2.05, 4.69) is 44.3 Å². The topological polar surface area (TPSA) is 77.6 Å². The number of carbonyl (C=O) groups is 2. The largest absolute Gasteiger partial charge is 0.378 e. The predicted molar refractivity (Wildman–Crippen MR) is 125 cm³/mol. The number of rotatable bonds is 8. The molecule has 0 radical (unpaired) electrons. The van der Waals surface area contributed by atoms with E-state index in [-0.39, 0.29) is 17.9 Å². The van der Waals surface area contributed by atoms with Crippen LogP contribution in [0, 0.1) is 0 Å². The molecule has 1 unspecified atom stereocenters. The van der Waals surface area contributed by atoms with Crippen molar-refractivity contribution >= 4 is 11.8 Å². The lowest BCUT2D eigenvalue weighted by atomic mass is 10.2. The molecular formula is C24H37N5O4. The summed E-state index contributed by atoms with van der Waals surface area (Å²) in [7, 11) is 0. The van der Waals surface area contributed by atoms with Gasteiger partial charge in [-0.15, -0.1) is 0 Å². The van der Waals surface area contributed by atoms with E-state index in [0.717, 1.165) is 45.8 Å². The molecule has 1 aromatic rings. The van der Waals surface area contributed by atoms with Crippen LogP contribution in [0.3, 0.4) is 0 Å². The molecule has 3 heterocycles. The van der Waals surface area contributed by atoms with Crippen LogP contribution >= 0.6 is 0 Å². The van der Waals surface area contributed by atoms with Gasteiger partial charge in [0.05, 0.1) is 39.0 Å². The fourth-order valence-electron chi connectivity index (χ4n) is 4.59. The molecule has 3 aliphatic heterocycles. The molecule has 0 saturated carbocycles. The molecule has 2 amide bonds. The van der Waals surface area contributed by atoms with Crippen molar-refractivity contribution in [3.8, 4) is 0 Å². The van der Waals surface area contributed by atoms with Gasteiger partial charge in [-0.3, -0.25) is 24.3 Å². The minimum absolute atomic E-state index is 0.0226. The lowest BCUT2D eigenvalue weighted by Gasteiger charge is -2.36. The monoisotopic (exact) mass is 459 g/mol. The van der Waals surface area contributed by atoms with Crippen molar-refractivity contribution in [2.24, 2.45) is 0 Å². The van der Waals surface area contributed by atoms with Crippen molar-refractivity contribution in [2.45, 2.75) is 12.6 Å². The standard InChI is InChI=1S/C24H37N5O4/c30-23(25-16-22-18-28(10-15-33-22)17-21-4-2-1-3-5-21)19-26-6-8-27(9-7-26)20-24(31)29-11-13-32-14-12-29/h1-5,22H,6-20H2,(H,25,30). The fraction of sp³-hybridized carbons (Fsp3) is 0.667. The zero-order valence-corrected chi connectivity index (χ0v) is 19.5. The zero-order valence-electron chi connectivity index (χ0n) is 19.5.